The highest BCUT2D eigenvalue weighted by molar-refractivity contribution is 6.08. The maximum atomic E-state index is 13.0. The average molecular weight is 425 g/mol. The third-order valence-corrected chi connectivity index (χ3v) is 6.36. The number of fused-ring (bicyclic) bond motifs is 5. The molecule has 2 atom stereocenters. The van der Waals surface area contributed by atoms with Gasteiger partial charge in [-0.2, -0.15) is 0 Å². The third kappa shape index (κ3) is 3.26. The molecular weight excluding hydrogens is 402 g/mol. The van der Waals surface area contributed by atoms with Crippen molar-refractivity contribution < 1.29 is 18.7 Å². The van der Waals surface area contributed by atoms with E-state index in [9.17, 15) is 4.79 Å². The van der Waals surface area contributed by atoms with Gasteiger partial charge in [0.1, 0.15) is 17.8 Å². The largest absolute Gasteiger partial charge is 0.455 e. The second-order valence-corrected chi connectivity index (χ2v) is 8.38. The average Bonchev–Trinajstić information content (AvgIpc) is 3.21. The van der Waals surface area contributed by atoms with E-state index in [1.807, 2.05) is 53.4 Å². The molecule has 0 radical (unpaired) electrons. The zero-order valence-electron chi connectivity index (χ0n) is 17.6. The Morgan fingerprint density at radius 1 is 0.938 bits per heavy atom. The Hall–Kier alpha value is -3.57. The molecule has 2 aliphatic heterocycles. The van der Waals surface area contributed by atoms with Crippen molar-refractivity contribution in [3.05, 3.63) is 90.0 Å². The Bertz CT molecular complexity index is 1320. The Balaban J connectivity index is 1.31. The van der Waals surface area contributed by atoms with E-state index in [0.29, 0.717) is 19.6 Å². The van der Waals surface area contributed by atoms with E-state index < -0.39 is 0 Å². The summed E-state index contributed by atoms with van der Waals surface area (Å²) in [6, 6.07) is 23.9. The second-order valence-electron chi connectivity index (χ2n) is 8.38. The molecule has 3 aromatic carbocycles. The number of carbonyl (C=O) groups is 1. The van der Waals surface area contributed by atoms with Gasteiger partial charge in [0.2, 0.25) is 0 Å². The van der Waals surface area contributed by atoms with Crippen LogP contribution in [-0.2, 0) is 16.1 Å². The molecule has 0 saturated carbocycles. The quantitative estimate of drug-likeness (QED) is 0.418. The van der Waals surface area contributed by atoms with Crippen LogP contribution < -0.4 is 0 Å². The molecule has 1 aromatic heterocycles. The molecule has 5 nitrogen and oxygen atoms in total. The zero-order valence-corrected chi connectivity index (χ0v) is 17.6. The first-order chi connectivity index (χ1) is 15.8. The van der Waals surface area contributed by atoms with E-state index in [1.165, 1.54) is 5.57 Å². The number of nitrogens with zero attached hydrogens (tertiary/aromatic N) is 1. The first kappa shape index (κ1) is 19.1. The number of morpholine rings is 1. The number of ether oxygens (including phenoxy) is 2. The molecule has 0 N–H and O–H groups in total. The summed E-state index contributed by atoms with van der Waals surface area (Å²) in [6.07, 6.45) is 2.55. The SMILES string of the molecule is O=C(OCc1ccccc1)N1C2C=C(c3cccc4c3oc3ccccc34)CC1COC2. The van der Waals surface area contributed by atoms with Crippen molar-refractivity contribution in [3.63, 3.8) is 0 Å². The predicted octanol–water partition coefficient (Wildman–Crippen LogP) is 5.78. The Morgan fingerprint density at radius 3 is 2.62 bits per heavy atom. The van der Waals surface area contributed by atoms with Crippen molar-refractivity contribution in [2.24, 2.45) is 0 Å². The fraction of sp³-hybridized carbons (Fsp3) is 0.222. The minimum atomic E-state index is -0.288. The number of amides is 1. The summed E-state index contributed by atoms with van der Waals surface area (Å²) in [5.74, 6) is 0. The summed E-state index contributed by atoms with van der Waals surface area (Å²) in [6.45, 7) is 1.24. The summed E-state index contributed by atoms with van der Waals surface area (Å²) < 4.78 is 17.7. The molecule has 2 bridgehead atoms. The number of furan rings is 1. The van der Waals surface area contributed by atoms with Gasteiger partial charge in [-0.05, 0) is 23.6 Å². The molecule has 2 aliphatic rings. The Kier molecular flexibility index (Phi) is 4.69. The lowest BCUT2D eigenvalue weighted by Gasteiger charge is -2.43. The number of hydrogen-bond acceptors (Lipinski definition) is 4. The maximum Gasteiger partial charge on any atom is 0.411 e. The van der Waals surface area contributed by atoms with Crippen molar-refractivity contribution in [2.75, 3.05) is 13.2 Å². The fourth-order valence-electron chi connectivity index (χ4n) is 4.87. The van der Waals surface area contributed by atoms with Gasteiger partial charge < -0.3 is 13.9 Å². The third-order valence-electron chi connectivity index (χ3n) is 6.36. The van der Waals surface area contributed by atoms with Crippen molar-refractivity contribution in [1.29, 1.82) is 0 Å². The number of hydrogen-bond donors (Lipinski definition) is 0. The predicted molar refractivity (Wildman–Crippen MR) is 123 cm³/mol. The van der Waals surface area contributed by atoms with Gasteiger partial charge in [0.25, 0.3) is 0 Å². The van der Waals surface area contributed by atoms with Crippen LogP contribution in [0.5, 0.6) is 0 Å². The lowest BCUT2D eigenvalue weighted by Crippen LogP contribution is -2.56. The topological polar surface area (TPSA) is 51.9 Å². The molecule has 4 aromatic rings. The molecule has 1 fully saturated rings. The van der Waals surface area contributed by atoms with Gasteiger partial charge in [-0.3, -0.25) is 4.90 Å². The summed E-state index contributed by atoms with van der Waals surface area (Å²) in [5, 5.41) is 2.24. The van der Waals surface area contributed by atoms with Gasteiger partial charge in [0, 0.05) is 16.3 Å². The van der Waals surface area contributed by atoms with Gasteiger partial charge in [0.05, 0.1) is 25.3 Å². The van der Waals surface area contributed by atoms with Crippen LogP contribution in [0.1, 0.15) is 17.5 Å². The van der Waals surface area contributed by atoms with E-state index in [2.05, 4.69) is 30.3 Å². The summed E-state index contributed by atoms with van der Waals surface area (Å²) in [7, 11) is 0. The fourth-order valence-corrected chi connectivity index (χ4v) is 4.87. The van der Waals surface area contributed by atoms with Gasteiger partial charge in [-0.15, -0.1) is 0 Å². The molecule has 160 valence electrons. The lowest BCUT2D eigenvalue weighted by molar-refractivity contribution is -0.0342. The maximum absolute atomic E-state index is 13.0. The van der Waals surface area contributed by atoms with Gasteiger partial charge in [0.15, 0.2) is 0 Å². The molecule has 5 heteroatoms. The van der Waals surface area contributed by atoms with E-state index >= 15 is 0 Å². The van der Waals surface area contributed by atoms with Gasteiger partial charge in [-0.25, -0.2) is 4.79 Å². The molecule has 32 heavy (non-hydrogen) atoms. The van der Waals surface area contributed by atoms with Gasteiger partial charge in [-0.1, -0.05) is 72.8 Å². The summed E-state index contributed by atoms with van der Waals surface area (Å²) >= 11 is 0. The molecule has 1 saturated heterocycles. The van der Waals surface area contributed by atoms with Crippen molar-refractivity contribution >= 4 is 33.6 Å². The second kappa shape index (κ2) is 7.84. The van der Waals surface area contributed by atoms with E-state index in [-0.39, 0.29) is 24.8 Å². The van der Waals surface area contributed by atoms with E-state index in [1.54, 1.807) is 0 Å². The van der Waals surface area contributed by atoms with Crippen molar-refractivity contribution in [3.8, 4) is 0 Å². The lowest BCUT2D eigenvalue weighted by atomic mass is 9.89. The van der Waals surface area contributed by atoms with Crippen LogP contribution in [0.4, 0.5) is 4.79 Å². The molecular formula is C27H23NO4. The molecule has 0 spiro atoms. The smallest absolute Gasteiger partial charge is 0.411 e. The van der Waals surface area contributed by atoms with Crippen LogP contribution in [0.25, 0.3) is 27.5 Å². The molecule has 0 aliphatic carbocycles. The van der Waals surface area contributed by atoms with Gasteiger partial charge >= 0.3 is 6.09 Å². The number of carbonyl (C=O) groups excluding carboxylic acids is 1. The summed E-state index contributed by atoms with van der Waals surface area (Å²) in [5.41, 5.74) is 5.06. The minimum Gasteiger partial charge on any atom is -0.455 e. The molecule has 6 rings (SSSR count). The van der Waals surface area contributed by atoms with Crippen LogP contribution in [0, 0.1) is 0 Å². The Morgan fingerprint density at radius 2 is 1.75 bits per heavy atom. The normalized spacial score (nSPS) is 20.4. The molecule has 3 heterocycles. The zero-order chi connectivity index (χ0) is 21.5. The van der Waals surface area contributed by atoms with Crippen molar-refractivity contribution in [2.45, 2.75) is 25.1 Å². The number of rotatable bonds is 3. The van der Waals surface area contributed by atoms with E-state index in [4.69, 9.17) is 13.9 Å². The van der Waals surface area contributed by atoms with Crippen LogP contribution in [0.2, 0.25) is 0 Å². The Labute approximate surface area is 185 Å². The highest BCUT2D eigenvalue weighted by Crippen LogP contribution is 2.38. The monoisotopic (exact) mass is 425 g/mol. The standard InChI is InChI=1S/C27H23NO4/c29-27(31-15-18-7-2-1-3-8-18)28-20-13-19(14-21(28)17-30-16-20)22-10-6-11-24-23-9-4-5-12-25(23)32-26(22)24/h1-13,20-21H,14-17H2. The number of para-hydroxylation sites is 2. The first-order valence-electron chi connectivity index (χ1n) is 11.0. The highest BCUT2D eigenvalue weighted by Gasteiger charge is 2.39. The van der Waals surface area contributed by atoms with Crippen LogP contribution in [0.15, 0.2) is 83.3 Å². The van der Waals surface area contributed by atoms with E-state index in [0.717, 1.165) is 33.1 Å². The minimum absolute atomic E-state index is 0.0587. The highest BCUT2D eigenvalue weighted by atomic mass is 16.6. The number of benzene rings is 3. The van der Waals surface area contributed by atoms with Crippen LogP contribution in [-0.4, -0.2) is 36.3 Å². The van der Waals surface area contributed by atoms with Crippen LogP contribution in [0.3, 0.4) is 0 Å². The molecule has 1 amide bonds. The van der Waals surface area contributed by atoms with Crippen LogP contribution >= 0.6 is 0 Å². The van der Waals surface area contributed by atoms with Crippen molar-refractivity contribution in [1.82, 2.24) is 4.90 Å². The first-order valence-corrected chi connectivity index (χ1v) is 11.0. The molecule has 2 unspecified atom stereocenters. The summed E-state index contributed by atoms with van der Waals surface area (Å²) in [4.78, 5) is 14.8.